The molecule has 3 atom stereocenters. The lowest BCUT2D eigenvalue weighted by Crippen LogP contribution is -2.54. The van der Waals surface area contributed by atoms with E-state index in [-0.39, 0.29) is 5.54 Å². The van der Waals surface area contributed by atoms with Crippen LogP contribution in [0.1, 0.15) is 70.1 Å². The molecule has 0 radical (unpaired) electrons. The van der Waals surface area contributed by atoms with Gasteiger partial charge in [0.1, 0.15) is 0 Å². The third-order valence-corrected chi connectivity index (χ3v) is 7.58. The fourth-order valence-electron chi connectivity index (χ4n) is 6.07. The highest BCUT2D eigenvalue weighted by Gasteiger charge is 2.45. The van der Waals surface area contributed by atoms with E-state index in [0.29, 0.717) is 12.0 Å². The van der Waals surface area contributed by atoms with Crippen molar-refractivity contribution in [3.05, 3.63) is 64.2 Å². The summed E-state index contributed by atoms with van der Waals surface area (Å²) in [6.45, 7) is 17.1. The standard InChI is InChI=1S/C28H41ClN2/c1-7-16-31(26-18-21(4)17-22(5)19-26)27-14-15-28(20-23(27)6,30(8-2)9-3)24-10-12-25(29)13-11-24/h10-13,17-19,23,27H,7-9,14-16,20H2,1-6H3. The van der Waals surface area contributed by atoms with Crippen molar-refractivity contribution < 1.29 is 0 Å². The number of anilines is 1. The molecule has 3 heteroatoms. The Bertz CT molecular complexity index is 822. The van der Waals surface area contributed by atoms with E-state index in [1.165, 1.54) is 48.1 Å². The highest BCUT2D eigenvalue weighted by molar-refractivity contribution is 6.30. The fourth-order valence-corrected chi connectivity index (χ4v) is 6.20. The van der Waals surface area contributed by atoms with Crippen molar-refractivity contribution in [2.75, 3.05) is 24.5 Å². The first-order chi connectivity index (χ1) is 14.8. The van der Waals surface area contributed by atoms with Crippen LogP contribution in [0.25, 0.3) is 0 Å². The maximum absolute atomic E-state index is 6.24. The Balaban J connectivity index is 1.95. The van der Waals surface area contributed by atoms with Crippen molar-refractivity contribution in [2.24, 2.45) is 5.92 Å². The fraction of sp³-hybridized carbons (Fsp3) is 0.571. The molecule has 3 rings (SSSR count). The van der Waals surface area contributed by atoms with Gasteiger partial charge in [-0.3, -0.25) is 4.90 Å². The molecule has 0 heterocycles. The monoisotopic (exact) mass is 440 g/mol. The SMILES string of the molecule is CCCN(c1cc(C)cc(C)c1)C1CCC(c2ccc(Cl)cc2)(N(CC)CC)CC1C. The van der Waals surface area contributed by atoms with Gasteiger partial charge >= 0.3 is 0 Å². The van der Waals surface area contributed by atoms with Crippen LogP contribution in [-0.2, 0) is 5.54 Å². The van der Waals surface area contributed by atoms with E-state index in [4.69, 9.17) is 11.6 Å². The molecule has 0 aliphatic heterocycles. The highest BCUT2D eigenvalue weighted by atomic mass is 35.5. The van der Waals surface area contributed by atoms with E-state index in [1.807, 2.05) is 0 Å². The van der Waals surface area contributed by atoms with E-state index in [9.17, 15) is 0 Å². The summed E-state index contributed by atoms with van der Waals surface area (Å²) in [7, 11) is 0. The van der Waals surface area contributed by atoms with Crippen LogP contribution in [0.5, 0.6) is 0 Å². The van der Waals surface area contributed by atoms with Crippen LogP contribution in [0.15, 0.2) is 42.5 Å². The van der Waals surface area contributed by atoms with Gasteiger partial charge in [-0.2, -0.15) is 0 Å². The molecule has 1 saturated carbocycles. The maximum atomic E-state index is 6.24. The molecule has 0 N–H and O–H groups in total. The topological polar surface area (TPSA) is 6.48 Å². The Morgan fingerprint density at radius 1 is 0.968 bits per heavy atom. The smallest absolute Gasteiger partial charge is 0.0464 e. The van der Waals surface area contributed by atoms with Crippen LogP contribution in [0, 0.1) is 19.8 Å². The average Bonchev–Trinajstić information content (AvgIpc) is 2.73. The van der Waals surface area contributed by atoms with Gasteiger partial charge in [0.2, 0.25) is 0 Å². The van der Waals surface area contributed by atoms with E-state index in [0.717, 1.165) is 24.7 Å². The van der Waals surface area contributed by atoms with Gasteiger partial charge in [0.25, 0.3) is 0 Å². The zero-order chi connectivity index (χ0) is 22.6. The van der Waals surface area contributed by atoms with Crippen LogP contribution in [-0.4, -0.2) is 30.6 Å². The molecule has 2 aromatic rings. The first kappa shape index (κ1) is 24.1. The highest BCUT2D eigenvalue weighted by Crippen LogP contribution is 2.46. The Labute approximate surface area is 195 Å². The van der Waals surface area contributed by atoms with Crippen molar-refractivity contribution in [3.8, 4) is 0 Å². The second-order valence-corrected chi connectivity index (χ2v) is 9.97. The van der Waals surface area contributed by atoms with Gasteiger partial charge < -0.3 is 4.90 Å². The number of benzene rings is 2. The quantitative estimate of drug-likeness (QED) is 0.416. The zero-order valence-electron chi connectivity index (χ0n) is 20.4. The predicted molar refractivity (Wildman–Crippen MR) is 136 cm³/mol. The molecule has 0 amide bonds. The summed E-state index contributed by atoms with van der Waals surface area (Å²) >= 11 is 6.24. The van der Waals surface area contributed by atoms with Gasteiger partial charge in [-0.15, -0.1) is 0 Å². The minimum absolute atomic E-state index is 0.102. The molecule has 0 bridgehead atoms. The van der Waals surface area contributed by atoms with E-state index in [1.54, 1.807) is 0 Å². The number of halogens is 1. The van der Waals surface area contributed by atoms with Crippen LogP contribution in [0.4, 0.5) is 5.69 Å². The number of aryl methyl sites for hydroxylation is 2. The molecule has 2 nitrogen and oxygen atoms in total. The number of hydrogen-bond donors (Lipinski definition) is 0. The molecule has 0 spiro atoms. The van der Waals surface area contributed by atoms with Crippen LogP contribution >= 0.6 is 11.6 Å². The predicted octanol–water partition coefficient (Wildman–Crippen LogP) is 7.60. The minimum atomic E-state index is 0.102. The summed E-state index contributed by atoms with van der Waals surface area (Å²) in [5.41, 5.74) is 5.65. The molecular formula is C28H41ClN2. The molecular weight excluding hydrogens is 400 g/mol. The normalized spacial score (nSPS) is 23.9. The lowest BCUT2D eigenvalue weighted by Gasteiger charge is -2.53. The molecule has 1 aliphatic carbocycles. The summed E-state index contributed by atoms with van der Waals surface area (Å²) in [6, 6.07) is 16.3. The molecule has 3 unspecified atom stereocenters. The molecule has 2 aromatic carbocycles. The van der Waals surface area contributed by atoms with E-state index < -0.39 is 0 Å². The van der Waals surface area contributed by atoms with Crippen LogP contribution in [0.3, 0.4) is 0 Å². The molecule has 1 aliphatic rings. The third kappa shape index (κ3) is 5.12. The van der Waals surface area contributed by atoms with Gasteiger partial charge in [0.15, 0.2) is 0 Å². The Morgan fingerprint density at radius 3 is 2.10 bits per heavy atom. The third-order valence-electron chi connectivity index (χ3n) is 7.32. The summed E-state index contributed by atoms with van der Waals surface area (Å²) in [6.07, 6.45) is 4.77. The van der Waals surface area contributed by atoms with Crippen LogP contribution in [0.2, 0.25) is 5.02 Å². The van der Waals surface area contributed by atoms with Crippen molar-refractivity contribution in [3.63, 3.8) is 0 Å². The molecule has 0 aromatic heterocycles. The molecule has 1 fully saturated rings. The summed E-state index contributed by atoms with van der Waals surface area (Å²) in [5, 5.41) is 0.823. The van der Waals surface area contributed by atoms with E-state index >= 15 is 0 Å². The van der Waals surface area contributed by atoms with Gasteiger partial charge in [0, 0.05) is 28.8 Å². The van der Waals surface area contributed by atoms with Crippen molar-refractivity contribution in [1.29, 1.82) is 0 Å². The summed E-state index contributed by atoms with van der Waals surface area (Å²) < 4.78 is 0. The summed E-state index contributed by atoms with van der Waals surface area (Å²) in [4.78, 5) is 5.39. The average molecular weight is 441 g/mol. The Morgan fingerprint density at radius 2 is 1.58 bits per heavy atom. The molecule has 0 saturated heterocycles. The summed E-state index contributed by atoms with van der Waals surface area (Å²) in [5.74, 6) is 0.609. The van der Waals surface area contributed by atoms with Crippen molar-refractivity contribution >= 4 is 17.3 Å². The molecule has 170 valence electrons. The number of hydrogen-bond acceptors (Lipinski definition) is 2. The lowest BCUT2D eigenvalue weighted by atomic mass is 9.68. The van der Waals surface area contributed by atoms with Gasteiger partial charge in [-0.1, -0.05) is 57.5 Å². The zero-order valence-corrected chi connectivity index (χ0v) is 21.2. The second-order valence-electron chi connectivity index (χ2n) is 9.54. The lowest BCUT2D eigenvalue weighted by molar-refractivity contribution is 0.0286. The van der Waals surface area contributed by atoms with Gasteiger partial charge in [-0.25, -0.2) is 0 Å². The molecule has 31 heavy (non-hydrogen) atoms. The number of rotatable bonds is 8. The minimum Gasteiger partial charge on any atom is -0.368 e. The maximum Gasteiger partial charge on any atom is 0.0464 e. The first-order valence-electron chi connectivity index (χ1n) is 12.2. The van der Waals surface area contributed by atoms with Gasteiger partial charge in [0.05, 0.1) is 0 Å². The van der Waals surface area contributed by atoms with Gasteiger partial charge in [-0.05, 0) is 99.5 Å². The Hall–Kier alpha value is -1.51. The Kier molecular flexibility index (Phi) is 8.10. The van der Waals surface area contributed by atoms with Crippen LogP contribution < -0.4 is 4.90 Å². The number of nitrogens with zero attached hydrogens (tertiary/aromatic N) is 2. The van der Waals surface area contributed by atoms with Crippen molar-refractivity contribution in [1.82, 2.24) is 4.90 Å². The van der Waals surface area contributed by atoms with E-state index in [2.05, 4.69) is 93.8 Å². The first-order valence-corrected chi connectivity index (χ1v) is 12.6. The van der Waals surface area contributed by atoms with Crippen molar-refractivity contribution in [2.45, 2.75) is 78.8 Å². The second kappa shape index (κ2) is 10.4. The largest absolute Gasteiger partial charge is 0.368 e.